The number of amides is 1. The molecule has 2 atom stereocenters. The highest BCUT2D eigenvalue weighted by Gasteiger charge is 2.36. The van der Waals surface area contributed by atoms with Gasteiger partial charge >= 0.3 is 0 Å². The van der Waals surface area contributed by atoms with Crippen molar-refractivity contribution >= 4 is 17.5 Å². The zero-order valence-corrected chi connectivity index (χ0v) is 14.4. The van der Waals surface area contributed by atoms with E-state index >= 15 is 0 Å². The highest BCUT2D eigenvalue weighted by atomic mass is 35.5. The van der Waals surface area contributed by atoms with Crippen LogP contribution in [0.4, 0.5) is 4.39 Å². The van der Waals surface area contributed by atoms with E-state index in [1.807, 2.05) is 13.1 Å². The summed E-state index contributed by atoms with van der Waals surface area (Å²) >= 11 is 5.84. The maximum Gasteiger partial charge on any atom is 0.222 e. The summed E-state index contributed by atoms with van der Waals surface area (Å²) in [5.41, 5.74) is 1.47. The Hall–Kier alpha value is -1.92. The molecule has 0 radical (unpaired) electrons. The van der Waals surface area contributed by atoms with Gasteiger partial charge in [-0.15, -0.1) is 0 Å². The van der Waals surface area contributed by atoms with Gasteiger partial charge in [-0.2, -0.15) is 5.10 Å². The number of aryl methyl sites for hydroxylation is 1. The Morgan fingerprint density at radius 1 is 1.38 bits per heavy atom. The molecular weight excluding hydrogens is 331 g/mol. The molecule has 2 heterocycles. The molecular formula is C17H20ClFN4O. The number of likely N-dealkylation sites (N-methyl/N-ethyl adjacent to an activating group) is 1. The third-order valence-electron chi connectivity index (χ3n) is 4.61. The number of nitrogens with zero attached hydrogens (tertiary/aromatic N) is 3. The zero-order chi connectivity index (χ0) is 17.3. The zero-order valence-electron chi connectivity index (χ0n) is 13.7. The number of rotatable bonds is 4. The van der Waals surface area contributed by atoms with Crippen LogP contribution in [-0.2, 0) is 18.4 Å². The second-order valence-corrected chi connectivity index (χ2v) is 6.48. The van der Waals surface area contributed by atoms with E-state index in [2.05, 4.69) is 10.4 Å². The molecule has 0 saturated carbocycles. The summed E-state index contributed by atoms with van der Waals surface area (Å²) in [6, 6.07) is 6.77. The Kier molecular flexibility index (Phi) is 4.87. The predicted octanol–water partition coefficient (Wildman–Crippen LogP) is 2.66. The fourth-order valence-electron chi connectivity index (χ4n) is 3.26. The van der Waals surface area contributed by atoms with E-state index in [1.54, 1.807) is 35.0 Å². The minimum absolute atomic E-state index is 0.0153. The van der Waals surface area contributed by atoms with Gasteiger partial charge in [0.05, 0.1) is 16.8 Å². The molecule has 1 aromatic carbocycles. The van der Waals surface area contributed by atoms with Crippen molar-refractivity contribution in [2.24, 2.45) is 7.05 Å². The Labute approximate surface area is 145 Å². The minimum atomic E-state index is -0.399. The number of carbonyl (C=O) groups is 1. The van der Waals surface area contributed by atoms with Crippen molar-refractivity contribution in [2.45, 2.75) is 31.5 Å². The van der Waals surface area contributed by atoms with Crippen LogP contribution < -0.4 is 5.32 Å². The van der Waals surface area contributed by atoms with Gasteiger partial charge < -0.3 is 10.2 Å². The fraction of sp³-hybridized carbons (Fsp3) is 0.412. The smallest absolute Gasteiger partial charge is 0.222 e. The molecule has 0 aliphatic carbocycles. The lowest BCUT2D eigenvalue weighted by Gasteiger charge is -2.39. The van der Waals surface area contributed by atoms with Crippen molar-refractivity contribution in [3.05, 3.63) is 52.6 Å². The number of aromatic nitrogens is 2. The highest BCUT2D eigenvalue weighted by molar-refractivity contribution is 6.30. The first-order valence-corrected chi connectivity index (χ1v) is 8.26. The lowest BCUT2D eigenvalue weighted by atomic mass is 9.93. The Morgan fingerprint density at radius 3 is 2.88 bits per heavy atom. The summed E-state index contributed by atoms with van der Waals surface area (Å²) in [6.07, 6.45) is 2.89. The molecule has 7 heteroatoms. The Morgan fingerprint density at radius 2 is 2.17 bits per heavy atom. The molecule has 1 amide bonds. The van der Waals surface area contributed by atoms with Gasteiger partial charge in [-0.05, 0) is 18.6 Å². The second kappa shape index (κ2) is 6.91. The molecule has 1 saturated heterocycles. The second-order valence-electron chi connectivity index (χ2n) is 6.07. The number of benzene rings is 1. The van der Waals surface area contributed by atoms with Crippen molar-refractivity contribution in [3.63, 3.8) is 0 Å². The molecule has 128 valence electrons. The van der Waals surface area contributed by atoms with Crippen LogP contribution in [0, 0.1) is 5.82 Å². The van der Waals surface area contributed by atoms with Gasteiger partial charge in [0, 0.05) is 44.9 Å². The van der Waals surface area contributed by atoms with Crippen LogP contribution in [0.3, 0.4) is 0 Å². The molecule has 2 aromatic rings. The maximum absolute atomic E-state index is 14.1. The fourth-order valence-corrected chi connectivity index (χ4v) is 3.45. The van der Waals surface area contributed by atoms with Gasteiger partial charge in [0.2, 0.25) is 5.91 Å². The number of halogens is 2. The molecule has 1 aliphatic heterocycles. The lowest BCUT2D eigenvalue weighted by Crippen LogP contribution is -2.49. The third-order valence-corrected chi connectivity index (χ3v) is 4.90. The number of carbonyl (C=O) groups excluding carboxylic acids is 1. The number of hydrogen-bond donors (Lipinski definition) is 1. The van der Waals surface area contributed by atoms with Crippen LogP contribution in [0.15, 0.2) is 30.5 Å². The summed E-state index contributed by atoms with van der Waals surface area (Å²) < 4.78 is 15.9. The standard InChI is InChI=1S/C17H20ClFN4O/c1-22-15(24)7-6-13(17(22)14-8-9-21-23(14)2)20-10-11-4-3-5-12(18)16(11)19/h3-5,8-9,13,17,20H,6-7,10H2,1-2H3/t13-,17-/m0/s1. The highest BCUT2D eigenvalue weighted by Crippen LogP contribution is 2.31. The normalized spacial score (nSPS) is 21.3. The minimum Gasteiger partial charge on any atom is -0.336 e. The molecule has 1 aliphatic rings. The third kappa shape index (κ3) is 3.16. The van der Waals surface area contributed by atoms with Crippen molar-refractivity contribution in [1.29, 1.82) is 0 Å². The van der Waals surface area contributed by atoms with Crippen LogP contribution in [0.5, 0.6) is 0 Å². The first-order chi connectivity index (χ1) is 11.5. The van der Waals surface area contributed by atoms with E-state index < -0.39 is 5.82 Å². The summed E-state index contributed by atoms with van der Waals surface area (Å²) in [5.74, 6) is -0.294. The first kappa shape index (κ1) is 16.9. The number of likely N-dealkylation sites (tertiary alicyclic amines) is 1. The molecule has 1 aromatic heterocycles. The van der Waals surface area contributed by atoms with Crippen molar-refractivity contribution in [2.75, 3.05) is 7.05 Å². The Bertz CT molecular complexity index is 748. The summed E-state index contributed by atoms with van der Waals surface area (Å²) in [4.78, 5) is 13.9. The SMILES string of the molecule is CN1C(=O)CC[C@H](NCc2cccc(Cl)c2F)[C@H]1c1ccnn1C. The number of hydrogen-bond acceptors (Lipinski definition) is 3. The number of piperidine rings is 1. The van der Waals surface area contributed by atoms with E-state index in [9.17, 15) is 9.18 Å². The Balaban J connectivity index is 1.81. The average molecular weight is 351 g/mol. The van der Waals surface area contributed by atoms with E-state index in [1.165, 1.54) is 6.07 Å². The monoisotopic (exact) mass is 350 g/mol. The molecule has 1 N–H and O–H groups in total. The van der Waals surface area contributed by atoms with Crippen LogP contribution in [0.25, 0.3) is 0 Å². The largest absolute Gasteiger partial charge is 0.336 e. The molecule has 0 spiro atoms. The van der Waals surface area contributed by atoms with Crippen molar-refractivity contribution < 1.29 is 9.18 Å². The molecule has 0 unspecified atom stereocenters. The quantitative estimate of drug-likeness (QED) is 0.922. The summed E-state index contributed by atoms with van der Waals surface area (Å²) in [7, 11) is 3.66. The molecule has 3 rings (SSSR count). The topological polar surface area (TPSA) is 50.2 Å². The van der Waals surface area contributed by atoms with Gasteiger partial charge in [-0.25, -0.2) is 4.39 Å². The molecule has 24 heavy (non-hydrogen) atoms. The maximum atomic E-state index is 14.1. The van der Waals surface area contributed by atoms with Crippen molar-refractivity contribution in [3.8, 4) is 0 Å². The van der Waals surface area contributed by atoms with E-state index in [0.717, 1.165) is 5.69 Å². The van der Waals surface area contributed by atoms with E-state index in [4.69, 9.17) is 11.6 Å². The lowest BCUT2D eigenvalue weighted by molar-refractivity contribution is -0.136. The van der Waals surface area contributed by atoms with Gasteiger partial charge in [0.15, 0.2) is 0 Å². The average Bonchev–Trinajstić information content (AvgIpc) is 2.98. The van der Waals surface area contributed by atoms with Gasteiger partial charge in [0.25, 0.3) is 0 Å². The van der Waals surface area contributed by atoms with Gasteiger partial charge in [-0.1, -0.05) is 23.7 Å². The van der Waals surface area contributed by atoms with Gasteiger partial charge in [-0.3, -0.25) is 9.48 Å². The summed E-state index contributed by atoms with van der Waals surface area (Å²) in [6.45, 7) is 0.355. The van der Waals surface area contributed by atoms with Crippen LogP contribution >= 0.6 is 11.6 Å². The van der Waals surface area contributed by atoms with Crippen LogP contribution in [0.1, 0.15) is 30.1 Å². The van der Waals surface area contributed by atoms with Crippen molar-refractivity contribution in [1.82, 2.24) is 20.0 Å². The van der Waals surface area contributed by atoms with Gasteiger partial charge in [0.1, 0.15) is 5.82 Å². The van der Waals surface area contributed by atoms with Crippen LogP contribution in [-0.4, -0.2) is 33.7 Å². The number of nitrogens with one attached hydrogen (secondary N) is 1. The molecule has 0 bridgehead atoms. The predicted molar refractivity (Wildman–Crippen MR) is 90.0 cm³/mol. The van der Waals surface area contributed by atoms with E-state index in [-0.39, 0.29) is 23.0 Å². The molecule has 1 fully saturated rings. The van der Waals surface area contributed by atoms with Crippen LogP contribution in [0.2, 0.25) is 5.02 Å². The molecule has 5 nitrogen and oxygen atoms in total. The first-order valence-electron chi connectivity index (χ1n) is 7.89. The van der Waals surface area contributed by atoms with E-state index in [0.29, 0.717) is 24.9 Å². The summed E-state index contributed by atoms with van der Waals surface area (Å²) in [5, 5.41) is 7.71.